The third-order valence-corrected chi connectivity index (χ3v) is 3.97. The number of hydrogen-bond acceptors (Lipinski definition) is 2. The van der Waals surface area contributed by atoms with Crippen molar-refractivity contribution in [1.82, 2.24) is 4.98 Å². The van der Waals surface area contributed by atoms with Gasteiger partial charge in [0.25, 0.3) is 0 Å². The van der Waals surface area contributed by atoms with E-state index in [2.05, 4.69) is 59.5 Å². The Morgan fingerprint density at radius 2 is 1.70 bits per heavy atom. The summed E-state index contributed by atoms with van der Waals surface area (Å²) in [6, 6.07) is 21.2. The van der Waals surface area contributed by atoms with Gasteiger partial charge in [-0.05, 0) is 42.7 Å². The van der Waals surface area contributed by atoms with E-state index in [1.54, 1.807) is 0 Å². The van der Waals surface area contributed by atoms with Crippen LogP contribution in [0.15, 0.2) is 60.7 Å². The van der Waals surface area contributed by atoms with Crippen molar-refractivity contribution < 1.29 is 0 Å². The van der Waals surface area contributed by atoms with Gasteiger partial charge in [-0.2, -0.15) is 0 Å². The van der Waals surface area contributed by atoms with Crippen LogP contribution in [0.3, 0.4) is 0 Å². The molecule has 1 aromatic heterocycles. The molecule has 1 aliphatic rings. The van der Waals surface area contributed by atoms with Crippen molar-refractivity contribution in [2.75, 3.05) is 11.4 Å². The highest BCUT2D eigenvalue weighted by atomic mass is 15.2. The summed E-state index contributed by atoms with van der Waals surface area (Å²) in [5.74, 6) is 1.05. The molecule has 0 amide bonds. The van der Waals surface area contributed by atoms with E-state index in [-0.39, 0.29) is 0 Å². The maximum Gasteiger partial charge on any atom is 0.133 e. The highest BCUT2D eigenvalue weighted by Gasteiger charge is 2.18. The first-order valence-electron chi connectivity index (χ1n) is 7.13. The molecule has 4 rings (SSSR count). The topological polar surface area (TPSA) is 16.1 Å². The van der Waals surface area contributed by atoms with Crippen molar-refractivity contribution in [3.05, 3.63) is 66.2 Å². The molecule has 1 aliphatic heterocycles. The molecule has 2 heterocycles. The zero-order valence-corrected chi connectivity index (χ0v) is 11.3. The lowest BCUT2D eigenvalue weighted by atomic mass is 10.0. The van der Waals surface area contributed by atoms with E-state index in [9.17, 15) is 0 Å². The quantitative estimate of drug-likeness (QED) is 0.647. The van der Waals surface area contributed by atoms with Crippen molar-refractivity contribution in [2.45, 2.75) is 12.8 Å². The van der Waals surface area contributed by atoms with Crippen LogP contribution >= 0.6 is 0 Å². The fourth-order valence-corrected chi connectivity index (χ4v) is 2.98. The Morgan fingerprint density at radius 3 is 2.70 bits per heavy atom. The molecule has 0 unspecified atom stereocenters. The van der Waals surface area contributed by atoms with Gasteiger partial charge in [0.15, 0.2) is 0 Å². The second-order valence-electron chi connectivity index (χ2n) is 5.25. The minimum atomic E-state index is 1.04. The molecule has 2 nitrogen and oxygen atoms in total. The van der Waals surface area contributed by atoms with E-state index < -0.39 is 0 Å². The van der Waals surface area contributed by atoms with Crippen LogP contribution < -0.4 is 4.90 Å². The highest BCUT2D eigenvalue weighted by molar-refractivity contribution is 5.81. The van der Waals surface area contributed by atoms with Gasteiger partial charge in [-0.15, -0.1) is 0 Å². The third kappa shape index (κ3) is 1.85. The van der Waals surface area contributed by atoms with Crippen molar-refractivity contribution in [1.29, 1.82) is 0 Å². The summed E-state index contributed by atoms with van der Waals surface area (Å²) in [7, 11) is 0. The van der Waals surface area contributed by atoms with Crippen LogP contribution in [0.2, 0.25) is 0 Å². The van der Waals surface area contributed by atoms with Crippen molar-refractivity contribution >= 4 is 22.4 Å². The Labute approximate surface area is 118 Å². The number of aryl methyl sites for hydroxylation is 1. The molecule has 0 saturated carbocycles. The average Bonchev–Trinajstić information content (AvgIpc) is 2.54. The SMILES string of the molecule is c1ccc2c(c1)CCCN2c1ccc2ccccc2n1. The zero-order valence-electron chi connectivity index (χ0n) is 11.3. The lowest BCUT2D eigenvalue weighted by Gasteiger charge is -2.30. The molecular weight excluding hydrogens is 244 g/mol. The third-order valence-electron chi connectivity index (χ3n) is 3.97. The van der Waals surface area contributed by atoms with Crippen molar-refractivity contribution in [2.24, 2.45) is 0 Å². The summed E-state index contributed by atoms with van der Waals surface area (Å²) in [4.78, 5) is 7.16. The highest BCUT2D eigenvalue weighted by Crippen LogP contribution is 2.32. The van der Waals surface area contributed by atoms with Crippen LogP contribution in [0, 0.1) is 0 Å². The molecule has 0 saturated heterocycles. The lowest BCUT2D eigenvalue weighted by molar-refractivity contribution is 0.761. The summed E-state index contributed by atoms with van der Waals surface area (Å²) >= 11 is 0. The Morgan fingerprint density at radius 1 is 0.850 bits per heavy atom. The molecule has 0 bridgehead atoms. The Balaban J connectivity index is 1.84. The Kier molecular flexibility index (Phi) is 2.66. The minimum absolute atomic E-state index is 1.04. The van der Waals surface area contributed by atoms with Gasteiger partial charge >= 0.3 is 0 Å². The molecule has 20 heavy (non-hydrogen) atoms. The number of fused-ring (bicyclic) bond motifs is 2. The standard InChI is InChI=1S/C18H16N2/c1-3-9-16-14(6-1)11-12-18(19-16)20-13-5-8-15-7-2-4-10-17(15)20/h1-4,6-7,9-12H,5,8,13H2. The zero-order chi connectivity index (χ0) is 13.4. The predicted molar refractivity (Wildman–Crippen MR) is 83.5 cm³/mol. The van der Waals surface area contributed by atoms with E-state index in [0.717, 1.165) is 17.9 Å². The molecule has 0 radical (unpaired) electrons. The number of benzene rings is 2. The summed E-state index contributed by atoms with van der Waals surface area (Å²) < 4.78 is 0. The maximum absolute atomic E-state index is 4.82. The van der Waals surface area contributed by atoms with E-state index >= 15 is 0 Å². The van der Waals surface area contributed by atoms with Gasteiger partial charge in [-0.1, -0.05) is 36.4 Å². The number of nitrogens with zero attached hydrogens (tertiary/aromatic N) is 2. The lowest BCUT2D eigenvalue weighted by Crippen LogP contribution is -2.25. The average molecular weight is 260 g/mol. The maximum atomic E-state index is 4.82. The predicted octanol–water partition coefficient (Wildman–Crippen LogP) is 4.32. The van der Waals surface area contributed by atoms with Gasteiger partial charge in [0, 0.05) is 17.6 Å². The van der Waals surface area contributed by atoms with Crippen molar-refractivity contribution in [3.8, 4) is 0 Å². The summed E-state index contributed by atoms with van der Waals surface area (Å²) in [5, 5.41) is 1.20. The fraction of sp³-hybridized carbons (Fsp3) is 0.167. The minimum Gasteiger partial charge on any atom is -0.326 e. The molecule has 0 atom stereocenters. The first kappa shape index (κ1) is 11.5. The molecular formula is C18H16N2. The molecule has 3 aromatic rings. The van der Waals surface area contributed by atoms with Crippen LogP contribution in [0.4, 0.5) is 11.5 Å². The van der Waals surface area contributed by atoms with Gasteiger partial charge in [-0.3, -0.25) is 0 Å². The Bertz CT molecular complexity index is 764. The largest absolute Gasteiger partial charge is 0.326 e. The van der Waals surface area contributed by atoms with Gasteiger partial charge in [-0.25, -0.2) is 4.98 Å². The second kappa shape index (κ2) is 4.64. The van der Waals surface area contributed by atoms with E-state index in [1.165, 1.54) is 29.5 Å². The Hall–Kier alpha value is -2.35. The number of anilines is 2. The molecule has 0 spiro atoms. The van der Waals surface area contributed by atoms with Gasteiger partial charge in [0.1, 0.15) is 5.82 Å². The van der Waals surface area contributed by atoms with Crippen LogP contribution in [0.1, 0.15) is 12.0 Å². The summed E-state index contributed by atoms with van der Waals surface area (Å²) in [6.45, 7) is 1.04. The monoisotopic (exact) mass is 260 g/mol. The summed E-state index contributed by atoms with van der Waals surface area (Å²) in [6.07, 6.45) is 2.35. The first-order chi connectivity index (χ1) is 9.92. The van der Waals surface area contributed by atoms with Gasteiger partial charge in [0.2, 0.25) is 0 Å². The smallest absolute Gasteiger partial charge is 0.133 e. The molecule has 98 valence electrons. The van der Waals surface area contributed by atoms with Crippen LogP contribution in [-0.4, -0.2) is 11.5 Å². The first-order valence-corrected chi connectivity index (χ1v) is 7.13. The normalized spacial score (nSPS) is 14.3. The number of hydrogen-bond donors (Lipinski definition) is 0. The number of rotatable bonds is 1. The van der Waals surface area contributed by atoms with Crippen LogP contribution in [0.25, 0.3) is 10.9 Å². The van der Waals surface area contributed by atoms with Gasteiger partial charge < -0.3 is 4.90 Å². The number of aromatic nitrogens is 1. The molecule has 0 N–H and O–H groups in total. The van der Waals surface area contributed by atoms with Crippen LogP contribution in [-0.2, 0) is 6.42 Å². The molecule has 2 aromatic carbocycles. The van der Waals surface area contributed by atoms with E-state index in [0.29, 0.717) is 0 Å². The van der Waals surface area contributed by atoms with Crippen molar-refractivity contribution in [3.63, 3.8) is 0 Å². The molecule has 0 fully saturated rings. The van der Waals surface area contributed by atoms with Crippen LogP contribution in [0.5, 0.6) is 0 Å². The fourth-order valence-electron chi connectivity index (χ4n) is 2.98. The number of pyridine rings is 1. The number of para-hydroxylation sites is 2. The van der Waals surface area contributed by atoms with E-state index in [1.807, 2.05) is 6.07 Å². The summed E-state index contributed by atoms with van der Waals surface area (Å²) in [5.41, 5.74) is 3.79. The second-order valence-corrected chi connectivity index (χ2v) is 5.25. The van der Waals surface area contributed by atoms with E-state index in [4.69, 9.17) is 4.98 Å². The molecule has 0 aliphatic carbocycles. The molecule has 2 heteroatoms. The van der Waals surface area contributed by atoms with Gasteiger partial charge in [0.05, 0.1) is 5.52 Å².